The van der Waals surface area contributed by atoms with Gasteiger partial charge >= 0.3 is 0 Å². The molecule has 0 unspecified atom stereocenters. The van der Waals surface area contributed by atoms with Gasteiger partial charge in [-0.1, -0.05) is 12.1 Å². The van der Waals surface area contributed by atoms with Gasteiger partial charge in [0.2, 0.25) is 0 Å². The Bertz CT molecular complexity index is 585. The number of nitrogens with zero attached hydrogens (tertiary/aromatic N) is 1. The predicted molar refractivity (Wildman–Crippen MR) is 85.0 cm³/mol. The van der Waals surface area contributed by atoms with Crippen LogP contribution in [0.4, 0.5) is 0 Å². The predicted octanol–water partition coefficient (Wildman–Crippen LogP) is 4.22. The third-order valence-corrected chi connectivity index (χ3v) is 3.12. The van der Waals surface area contributed by atoms with Crippen LogP contribution in [0.2, 0.25) is 0 Å². The van der Waals surface area contributed by atoms with Crippen molar-refractivity contribution in [1.82, 2.24) is 4.98 Å². The van der Waals surface area contributed by atoms with E-state index >= 15 is 0 Å². The highest BCUT2D eigenvalue weighted by Gasteiger charge is 2.10. The molecular weight excluding hydrogens is 334 g/mol. The fourth-order valence-corrected chi connectivity index (χ4v) is 2.04. The van der Waals surface area contributed by atoms with Gasteiger partial charge < -0.3 is 14.2 Å². The summed E-state index contributed by atoms with van der Waals surface area (Å²) in [4.78, 5) is 4.26. The van der Waals surface area contributed by atoms with Crippen LogP contribution in [0.5, 0.6) is 17.4 Å². The molecule has 0 spiro atoms. The summed E-state index contributed by atoms with van der Waals surface area (Å²) < 4.78 is 17.5. The summed E-state index contributed by atoms with van der Waals surface area (Å²) in [6.07, 6.45) is 1.75. The number of ether oxygens (including phenoxy) is 3. The molecule has 4 nitrogen and oxygen atoms in total. The number of hydrogen-bond donors (Lipinski definition) is 0. The summed E-state index contributed by atoms with van der Waals surface area (Å²) in [6, 6.07) is 9.58. The molecule has 0 saturated heterocycles. The van der Waals surface area contributed by atoms with E-state index in [0.717, 1.165) is 15.8 Å². The second-order valence-electron chi connectivity index (χ2n) is 4.76. The Balaban J connectivity index is 2.07. The van der Waals surface area contributed by atoms with E-state index in [0.29, 0.717) is 18.2 Å². The van der Waals surface area contributed by atoms with Crippen molar-refractivity contribution >= 4 is 15.9 Å². The van der Waals surface area contributed by atoms with Crippen LogP contribution in [0.1, 0.15) is 19.4 Å². The van der Waals surface area contributed by atoms with Crippen LogP contribution in [0.25, 0.3) is 0 Å². The third-order valence-electron chi connectivity index (χ3n) is 2.68. The van der Waals surface area contributed by atoms with E-state index in [4.69, 9.17) is 14.2 Å². The van der Waals surface area contributed by atoms with Crippen LogP contribution in [-0.4, -0.2) is 18.2 Å². The molecule has 0 atom stereocenters. The quantitative estimate of drug-likeness (QED) is 0.781. The lowest BCUT2D eigenvalue weighted by molar-refractivity contribution is 0.213. The lowest BCUT2D eigenvalue weighted by Crippen LogP contribution is -2.08. The van der Waals surface area contributed by atoms with Crippen molar-refractivity contribution in [3.8, 4) is 17.4 Å². The maximum Gasteiger partial charge on any atom is 0.257 e. The van der Waals surface area contributed by atoms with Gasteiger partial charge in [-0.15, -0.1) is 0 Å². The fraction of sp³-hybridized carbons (Fsp3) is 0.312. The zero-order valence-electron chi connectivity index (χ0n) is 12.3. The molecule has 2 rings (SSSR count). The van der Waals surface area contributed by atoms with Crippen LogP contribution in [0.15, 0.2) is 41.0 Å². The molecule has 21 heavy (non-hydrogen) atoms. The lowest BCUT2D eigenvalue weighted by Gasteiger charge is -2.14. The van der Waals surface area contributed by atoms with E-state index in [2.05, 4.69) is 20.9 Å². The summed E-state index contributed by atoms with van der Waals surface area (Å²) in [5, 5.41) is 0. The molecule has 0 radical (unpaired) electrons. The first-order chi connectivity index (χ1) is 10.1. The normalized spacial score (nSPS) is 10.5. The van der Waals surface area contributed by atoms with E-state index < -0.39 is 0 Å². The van der Waals surface area contributed by atoms with Gasteiger partial charge in [-0.2, -0.15) is 0 Å². The zero-order chi connectivity index (χ0) is 15.2. The molecule has 1 heterocycles. The van der Waals surface area contributed by atoms with Crippen LogP contribution in [-0.2, 0) is 6.61 Å². The minimum atomic E-state index is 0.0597. The Labute approximate surface area is 133 Å². The first kappa shape index (κ1) is 15.6. The Morgan fingerprint density at radius 1 is 1.19 bits per heavy atom. The lowest BCUT2D eigenvalue weighted by atomic mass is 10.2. The third kappa shape index (κ3) is 4.63. The number of hydrogen-bond acceptors (Lipinski definition) is 4. The van der Waals surface area contributed by atoms with Crippen molar-refractivity contribution in [2.75, 3.05) is 7.11 Å². The molecular formula is C16H18BrNO3. The number of halogens is 1. The van der Waals surface area contributed by atoms with Crippen molar-refractivity contribution in [2.24, 2.45) is 0 Å². The monoisotopic (exact) mass is 351 g/mol. The van der Waals surface area contributed by atoms with Crippen LogP contribution in [0, 0.1) is 0 Å². The minimum Gasteiger partial charge on any atom is -0.497 e. The van der Waals surface area contributed by atoms with Crippen LogP contribution < -0.4 is 14.2 Å². The maximum absolute atomic E-state index is 5.75. The van der Waals surface area contributed by atoms with Gasteiger partial charge in [-0.3, -0.25) is 0 Å². The Kier molecular flexibility index (Phi) is 5.44. The zero-order valence-corrected chi connectivity index (χ0v) is 13.9. The molecule has 0 fully saturated rings. The first-order valence-electron chi connectivity index (χ1n) is 6.66. The molecule has 0 aliphatic heterocycles. The highest BCUT2D eigenvalue weighted by Crippen LogP contribution is 2.29. The molecule has 0 bridgehead atoms. The highest BCUT2D eigenvalue weighted by atomic mass is 79.9. The van der Waals surface area contributed by atoms with E-state index in [9.17, 15) is 0 Å². The van der Waals surface area contributed by atoms with E-state index in [1.165, 1.54) is 0 Å². The maximum atomic E-state index is 5.75. The molecule has 0 saturated carbocycles. The van der Waals surface area contributed by atoms with Crippen molar-refractivity contribution in [1.29, 1.82) is 0 Å². The van der Waals surface area contributed by atoms with Gasteiger partial charge in [0.05, 0.1) is 13.2 Å². The van der Waals surface area contributed by atoms with Gasteiger partial charge in [0, 0.05) is 16.7 Å². The number of pyridine rings is 1. The van der Waals surface area contributed by atoms with E-state index in [-0.39, 0.29) is 6.10 Å². The Hall–Kier alpha value is -1.75. The van der Waals surface area contributed by atoms with Crippen LogP contribution >= 0.6 is 15.9 Å². The van der Waals surface area contributed by atoms with Crippen molar-refractivity contribution in [2.45, 2.75) is 26.6 Å². The van der Waals surface area contributed by atoms with Gasteiger partial charge in [-0.25, -0.2) is 4.98 Å². The Morgan fingerprint density at radius 2 is 1.90 bits per heavy atom. The molecule has 2 aromatic rings. The van der Waals surface area contributed by atoms with E-state index in [1.54, 1.807) is 13.3 Å². The second-order valence-corrected chi connectivity index (χ2v) is 5.68. The molecule has 0 aliphatic carbocycles. The van der Waals surface area contributed by atoms with Gasteiger partial charge in [0.1, 0.15) is 12.4 Å². The number of benzene rings is 1. The second kappa shape index (κ2) is 7.31. The molecule has 0 amide bonds. The molecule has 1 aromatic carbocycles. The molecule has 0 aliphatic rings. The fourth-order valence-electron chi connectivity index (χ4n) is 1.73. The number of methoxy groups -OCH3 is 1. The SMILES string of the molecule is COc1ccc(COc2ncc(Br)cc2OC(C)C)cc1. The van der Waals surface area contributed by atoms with Gasteiger partial charge in [0.25, 0.3) is 5.88 Å². The van der Waals surface area contributed by atoms with Gasteiger partial charge in [0.15, 0.2) is 5.75 Å². The minimum absolute atomic E-state index is 0.0597. The topological polar surface area (TPSA) is 40.6 Å². The summed E-state index contributed by atoms with van der Waals surface area (Å²) in [7, 11) is 1.65. The Morgan fingerprint density at radius 3 is 2.52 bits per heavy atom. The van der Waals surface area contributed by atoms with Crippen molar-refractivity contribution in [3.63, 3.8) is 0 Å². The summed E-state index contributed by atoms with van der Waals surface area (Å²) in [6.45, 7) is 4.36. The van der Waals surface area contributed by atoms with Crippen molar-refractivity contribution < 1.29 is 14.2 Å². The summed E-state index contributed by atoms with van der Waals surface area (Å²) in [5.74, 6) is 1.94. The first-order valence-corrected chi connectivity index (χ1v) is 7.45. The molecule has 112 valence electrons. The largest absolute Gasteiger partial charge is 0.497 e. The highest BCUT2D eigenvalue weighted by molar-refractivity contribution is 9.10. The standard InChI is InChI=1S/C16H18BrNO3/c1-11(2)21-15-8-13(17)9-18-16(15)20-10-12-4-6-14(19-3)7-5-12/h4-9,11H,10H2,1-3H3. The van der Waals surface area contributed by atoms with Gasteiger partial charge in [-0.05, 0) is 47.5 Å². The number of aromatic nitrogens is 1. The molecule has 1 aromatic heterocycles. The summed E-state index contributed by atoms with van der Waals surface area (Å²) in [5.41, 5.74) is 1.04. The van der Waals surface area contributed by atoms with Crippen LogP contribution in [0.3, 0.4) is 0 Å². The van der Waals surface area contributed by atoms with Crippen molar-refractivity contribution in [3.05, 3.63) is 46.6 Å². The average Bonchev–Trinajstić information content (AvgIpc) is 2.46. The smallest absolute Gasteiger partial charge is 0.257 e. The van der Waals surface area contributed by atoms with E-state index in [1.807, 2.05) is 44.2 Å². The average molecular weight is 352 g/mol. The molecule has 5 heteroatoms. The summed E-state index contributed by atoms with van der Waals surface area (Å²) >= 11 is 3.39. The molecule has 0 N–H and O–H groups in total. The number of rotatable bonds is 6.